The number of aliphatic imine (C=N–C) groups is 1. The standard InChI is InChI=1S/C18H33N5.HI/c1-6-7-8-9-10-15(2)22-18(19-3)21-14-16-11-12-20-17(13-16)23(4)5;/h11-13,15H,6-10,14H2,1-5H3,(H2,19,21,22);1H. The topological polar surface area (TPSA) is 52.6 Å². The van der Waals surface area contributed by atoms with Gasteiger partial charge in [-0.15, -0.1) is 24.0 Å². The van der Waals surface area contributed by atoms with Gasteiger partial charge in [0.25, 0.3) is 0 Å². The van der Waals surface area contributed by atoms with Crippen molar-refractivity contribution in [2.45, 2.75) is 58.5 Å². The third kappa shape index (κ3) is 9.30. The van der Waals surface area contributed by atoms with E-state index < -0.39 is 0 Å². The zero-order chi connectivity index (χ0) is 17.1. The molecule has 0 saturated carbocycles. The van der Waals surface area contributed by atoms with Gasteiger partial charge in [0.1, 0.15) is 5.82 Å². The van der Waals surface area contributed by atoms with E-state index in [1.165, 1.54) is 37.7 Å². The summed E-state index contributed by atoms with van der Waals surface area (Å²) in [6, 6.07) is 4.56. The lowest BCUT2D eigenvalue weighted by Crippen LogP contribution is -2.41. The van der Waals surface area contributed by atoms with E-state index in [-0.39, 0.29) is 24.0 Å². The molecule has 0 amide bonds. The Bertz CT molecular complexity index is 476. The maximum atomic E-state index is 4.34. The summed E-state index contributed by atoms with van der Waals surface area (Å²) in [5.41, 5.74) is 1.20. The van der Waals surface area contributed by atoms with Crippen LogP contribution in [0.3, 0.4) is 0 Å². The van der Waals surface area contributed by atoms with Gasteiger partial charge in [0.2, 0.25) is 0 Å². The van der Waals surface area contributed by atoms with Crippen LogP contribution in [0.4, 0.5) is 5.82 Å². The van der Waals surface area contributed by atoms with E-state index >= 15 is 0 Å². The molecule has 0 fully saturated rings. The minimum absolute atomic E-state index is 0. The zero-order valence-corrected chi connectivity index (χ0v) is 18.1. The molecule has 138 valence electrons. The molecule has 0 saturated heterocycles. The molecule has 0 radical (unpaired) electrons. The molecule has 1 unspecified atom stereocenters. The SMILES string of the molecule is CCCCCCC(C)NC(=NC)NCc1ccnc(N(C)C)c1.I. The smallest absolute Gasteiger partial charge is 0.191 e. The van der Waals surface area contributed by atoms with Crippen LogP contribution < -0.4 is 15.5 Å². The molecule has 0 bridgehead atoms. The Balaban J connectivity index is 0.00000529. The molecule has 0 aliphatic rings. The molecule has 0 aliphatic carbocycles. The molecule has 2 N–H and O–H groups in total. The summed E-state index contributed by atoms with van der Waals surface area (Å²) in [6.07, 6.45) is 8.23. The Hall–Kier alpha value is -1.05. The lowest BCUT2D eigenvalue weighted by atomic mass is 10.1. The predicted octanol–water partition coefficient (Wildman–Crippen LogP) is 3.79. The molecule has 6 heteroatoms. The summed E-state index contributed by atoms with van der Waals surface area (Å²) in [7, 11) is 5.82. The third-order valence-electron chi connectivity index (χ3n) is 3.83. The second kappa shape index (κ2) is 13.3. The molecule has 1 aromatic heterocycles. The first-order valence-corrected chi connectivity index (χ1v) is 8.66. The number of hydrogen-bond donors (Lipinski definition) is 2. The minimum Gasteiger partial charge on any atom is -0.363 e. The lowest BCUT2D eigenvalue weighted by molar-refractivity contribution is 0.537. The molecule has 24 heavy (non-hydrogen) atoms. The highest BCUT2D eigenvalue weighted by Crippen LogP contribution is 2.09. The van der Waals surface area contributed by atoms with Gasteiger partial charge in [-0.2, -0.15) is 0 Å². The van der Waals surface area contributed by atoms with Gasteiger partial charge in [-0.1, -0.05) is 32.6 Å². The van der Waals surface area contributed by atoms with Crippen molar-refractivity contribution >= 4 is 35.8 Å². The van der Waals surface area contributed by atoms with Gasteiger partial charge in [-0.3, -0.25) is 4.99 Å². The first kappa shape index (κ1) is 22.9. The van der Waals surface area contributed by atoms with Gasteiger partial charge in [-0.05, 0) is 31.0 Å². The van der Waals surface area contributed by atoms with E-state index in [1.807, 2.05) is 38.3 Å². The minimum atomic E-state index is 0. The van der Waals surface area contributed by atoms with Crippen LogP contribution in [0.5, 0.6) is 0 Å². The lowest BCUT2D eigenvalue weighted by Gasteiger charge is -2.18. The molecular formula is C18H34IN5. The largest absolute Gasteiger partial charge is 0.363 e. The van der Waals surface area contributed by atoms with E-state index in [1.54, 1.807) is 0 Å². The summed E-state index contributed by atoms with van der Waals surface area (Å²) >= 11 is 0. The number of aromatic nitrogens is 1. The Kier molecular flexibility index (Phi) is 12.7. The van der Waals surface area contributed by atoms with Gasteiger partial charge in [0.05, 0.1) is 0 Å². The number of unbranched alkanes of at least 4 members (excludes halogenated alkanes) is 3. The van der Waals surface area contributed by atoms with Crippen molar-refractivity contribution in [3.05, 3.63) is 23.9 Å². The normalized spacial score (nSPS) is 12.3. The molecule has 5 nitrogen and oxygen atoms in total. The van der Waals surface area contributed by atoms with E-state index in [0.717, 1.165) is 18.3 Å². The Labute approximate surface area is 164 Å². The molecular weight excluding hydrogens is 413 g/mol. The first-order valence-electron chi connectivity index (χ1n) is 8.66. The van der Waals surface area contributed by atoms with Crippen molar-refractivity contribution in [1.82, 2.24) is 15.6 Å². The number of guanidine groups is 1. The fourth-order valence-corrected chi connectivity index (χ4v) is 2.38. The maximum Gasteiger partial charge on any atom is 0.191 e. The summed E-state index contributed by atoms with van der Waals surface area (Å²) in [6.45, 7) is 5.20. The molecule has 0 aliphatic heterocycles. The quantitative estimate of drug-likeness (QED) is 0.262. The van der Waals surface area contributed by atoms with Crippen LogP contribution in [0.25, 0.3) is 0 Å². The predicted molar refractivity (Wildman–Crippen MR) is 116 cm³/mol. The molecule has 1 heterocycles. The van der Waals surface area contributed by atoms with Crippen molar-refractivity contribution in [3.8, 4) is 0 Å². The first-order chi connectivity index (χ1) is 11.1. The fourth-order valence-electron chi connectivity index (χ4n) is 2.38. The highest BCUT2D eigenvalue weighted by atomic mass is 127. The molecule has 1 aromatic rings. The van der Waals surface area contributed by atoms with Gasteiger partial charge >= 0.3 is 0 Å². The zero-order valence-electron chi connectivity index (χ0n) is 15.8. The van der Waals surface area contributed by atoms with E-state index in [2.05, 4.69) is 40.5 Å². The van der Waals surface area contributed by atoms with Gasteiger partial charge in [-0.25, -0.2) is 4.98 Å². The van der Waals surface area contributed by atoms with Crippen LogP contribution in [0.15, 0.2) is 23.3 Å². The van der Waals surface area contributed by atoms with Crippen molar-refractivity contribution in [2.75, 3.05) is 26.0 Å². The van der Waals surface area contributed by atoms with Crippen molar-refractivity contribution in [1.29, 1.82) is 0 Å². The van der Waals surface area contributed by atoms with Crippen LogP contribution in [0.1, 0.15) is 51.5 Å². The maximum absolute atomic E-state index is 4.34. The Morgan fingerprint density at radius 1 is 1.29 bits per heavy atom. The van der Waals surface area contributed by atoms with Gasteiger partial charge in [0.15, 0.2) is 5.96 Å². The Morgan fingerprint density at radius 3 is 2.67 bits per heavy atom. The second-order valence-corrected chi connectivity index (χ2v) is 6.24. The fraction of sp³-hybridized carbons (Fsp3) is 0.667. The van der Waals surface area contributed by atoms with Crippen molar-refractivity contribution in [3.63, 3.8) is 0 Å². The number of nitrogens with one attached hydrogen (secondary N) is 2. The average molecular weight is 447 g/mol. The molecule has 1 rings (SSSR count). The summed E-state index contributed by atoms with van der Waals surface area (Å²) < 4.78 is 0. The summed E-state index contributed by atoms with van der Waals surface area (Å²) in [4.78, 5) is 10.7. The van der Waals surface area contributed by atoms with E-state index in [0.29, 0.717) is 6.04 Å². The second-order valence-electron chi connectivity index (χ2n) is 6.24. The van der Waals surface area contributed by atoms with E-state index in [4.69, 9.17) is 0 Å². The van der Waals surface area contributed by atoms with Crippen LogP contribution in [0.2, 0.25) is 0 Å². The van der Waals surface area contributed by atoms with Crippen LogP contribution in [-0.4, -0.2) is 38.1 Å². The molecule has 1 atom stereocenters. The van der Waals surface area contributed by atoms with Crippen LogP contribution >= 0.6 is 24.0 Å². The number of pyridine rings is 1. The molecule has 0 spiro atoms. The number of nitrogens with zero attached hydrogens (tertiary/aromatic N) is 3. The number of anilines is 1. The van der Waals surface area contributed by atoms with Gasteiger partial charge < -0.3 is 15.5 Å². The highest BCUT2D eigenvalue weighted by Gasteiger charge is 2.05. The van der Waals surface area contributed by atoms with Crippen molar-refractivity contribution < 1.29 is 0 Å². The number of hydrogen-bond acceptors (Lipinski definition) is 3. The molecule has 0 aromatic carbocycles. The average Bonchev–Trinajstić information content (AvgIpc) is 2.55. The monoisotopic (exact) mass is 447 g/mol. The Morgan fingerprint density at radius 2 is 2.04 bits per heavy atom. The number of halogens is 1. The summed E-state index contributed by atoms with van der Waals surface area (Å²) in [5.74, 6) is 1.83. The highest BCUT2D eigenvalue weighted by molar-refractivity contribution is 14.0. The van der Waals surface area contributed by atoms with Crippen LogP contribution in [-0.2, 0) is 6.54 Å². The van der Waals surface area contributed by atoms with Crippen molar-refractivity contribution in [2.24, 2.45) is 4.99 Å². The van der Waals surface area contributed by atoms with E-state index in [9.17, 15) is 0 Å². The third-order valence-corrected chi connectivity index (χ3v) is 3.83. The van der Waals surface area contributed by atoms with Crippen LogP contribution in [0, 0.1) is 0 Å². The van der Waals surface area contributed by atoms with Gasteiger partial charge in [0, 0.05) is 39.9 Å². The number of rotatable bonds is 9. The summed E-state index contributed by atoms with van der Waals surface area (Å²) in [5, 5.41) is 6.84.